The topological polar surface area (TPSA) is 67.2 Å². The van der Waals surface area contributed by atoms with Crippen molar-refractivity contribution in [3.63, 3.8) is 0 Å². The number of carbonyl (C=O) groups excluding carboxylic acids is 1. The molecule has 0 atom stereocenters. The number of carbonyl (C=O) groups is 1. The summed E-state index contributed by atoms with van der Waals surface area (Å²) in [7, 11) is 0. The number of nitrogens with two attached hydrogens (primary N) is 1. The molecule has 0 bridgehead atoms. The highest BCUT2D eigenvalue weighted by atomic mass is 32.1. The number of hydrogen-bond donors (Lipinski definition) is 3. The lowest BCUT2D eigenvalue weighted by molar-refractivity contribution is 0.242. The van der Waals surface area contributed by atoms with Gasteiger partial charge in [-0.3, -0.25) is 0 Å². The Labute approximate surface area is 71.5 Å². The van der Waals surface area contributed by atoms with E-state index in [1.165, 1.54) is 0 Å². The van der Waals surface area contributed by atoms with Crippen molar-refractivity contribution in [1.82, 2.24) is 10.6 Å². The second kappa shape index (κ2) is 5.91. The number of thiocarbonyl (C=S) groups is 1. The fourth-order valence-corrected chi connectivity index (χ4v) is 0.624. The van der Waals surface area contributed by atoms with Crippen molar-refractivity contribution in [2.24, 2.45) is 5.73 Å². The second-order valence-corrected chi connectivity index (χ2v) is 2.53. The van der Waals surface area contributed by atoms with Crippen LogP contribution in [0, 0.1) is 0 Å². The molecule has 0 unspecified atom stereocenters. The van der Waals surface area contributed by atoms with Gasteiger partial charge in [-0.15, -0.1) is 0 Å². The third-order valence-electron chi connectivity index (χ3n) is 0.994. The molecule has 0 spiro atoms. The molecule has 0 heterocycles. The smallest absolute Gasteiger partial charge is 0.314 e. The summed E-state index contributed by atoms with van der Waals surface area (Å²) in [5.74, 6) is 0. The van der Waals surface area contributed by atoms with Gasteiger partial charge in [-0.2, -0.15) is 0 Å². The Morgan fingerprint density at radius 1 is 1.55 bits per heavy atom. The predicted molar refractivity (Wildman–Crippen MR) is 48.5 cm³/mol. The highest BCUT2D eigenvalue weighted by Crippen LogP contribution is 1.75. The molecule has 4 N–H and O–H groups in total. The van der Waals surface area contributed by atoms with Crippen molar-refractivity contribution in [2.45, 2.75) is 13.3 Å². The predicted octanol–water partition coefficient (Wildman–Crippen LogP) is -0.0183. The van der Waals surface area contributed by atoms with E-state index in [0.717, 1.165) is 0 Å². The van der Waals surface area contributed by atoms with E-state index in [1.54, 1.807) is 0 Å². The lowest BCUT2D eigenvalue weighted by Gasteiger charge is -2.03. The second-order valence-electron chi connectivity index (χ2n) is 2.00. The molecule has 0 rings (SSSR count). The molecule has 64 valence electrons. The van der Waals surface area contributed by atoms with E-state index in [9.17, 15) is 4.79 Å². The summed E-state index contributed by atoms with van der Waals surface area (Å²) < 4.78 is 0. The van der Waals surface area contributed by atoms with Crippen LogP contribution in [0.5, 0.6) is 0 Å². The molecular formula is C6H13N3OS. The SMILES string of the molecule is CCNC(=O)NCCC(N)=S. The summed E-state index contributed by atoms with van der Waals surface area (Å²) >= 11 is 4.62. The highest BCUT2D eigenvalue weighted by molar-refractivity contribution is 7.80. The van der Waals surface area contributed by atoms with Crippen LogP contribution in [0.4, 0.5) is 4.79 Å². The third-order valence-corrected chi connectivity index (χ3v) is 1.20. The van der Waals surface area contributed by atoms with Gasteiger partial charge in [-0.25, -0.2) is 4.79 Å². The summed E-state index contributed by atoms with van der Waals surface area (Å²) in [4.78, 5) is 11.1. The Morgan fingerprint density at radius 3 is 2.64 bits per heavy atom. The Kier molecular flexibility index (Phi) is 5.46. The number of hydrogen-bond acceptors (Lipinski definition) is 2. The minimum atomic E-state index is -0.177. The average molecular weight is 175 g/mol. The summed E-state index contributed by atoms with van der Waals surface area (Å²) in [5, 5.41) is 5.18. The molecule has 5 heteroatoms. The number of urea groups is 1. The summed E-state index contributed by atoms with van der Waals surface area (Å²) in [5.41, 5.74) is 5.21. The maximum absolute atomic E-state index is 10.7. The van der Waals surface area contributed by atoms with E-state index in [-0.39, 0.29) is 6.03 Å². The van der Waals surface area contributed by atoms with E-state index in [0.29, 0.717) is 24.5 Å². The van der Waals surface area contributed by atoms with E-state index < -0.39 is 0 Å². The number of rotatable bonds is 4. The van der Waals surface area contributed by atoms with Gasteiger partial charge < -0.3 is 16.4 Å². The van der Waals surface area contributed by atoms with E-state index in [2.05, 4.69) is 22.9 Å². The van der Waals surface area contributed by atoms with Gasteiger partial charge in [0.2, 0.25) is 0 Å². The average Bonchev–Trinajstić information content (AvgIpc) is 1.87. The zero-order valence-corrected chi connectivity index (χ0v) is 7.33. The van der Waals surface area contributed by atoms with Crippen LogP contribution in [0.2, 0.25) is 0 Å². The molecule has 0 aliphatic heterocycles. The first-order valence-electron chi connectivity index (χ1n) is 3.46. The molecule has 0 radical (unpaired) electrons. The molecule has 0 aromatic heterocycles. The number of amides is 2. The zero-order valence-electron chi connectivity index (χ0n) is 6.52. The van der Waals surface area contributed by atoms with E-state index >= 15 is 0 Å². The van der Waals surface area contributed by atoms with Crippen molar-refractivity contribution < 1.29 is 4.79 Å². The zero-order chi connectivity index (χ0) is 8.69. The Morgan fingerprint density at radius 2 is 2.18 bits per heavy atom. The maximum Gasteiger partial charge on any atom is 0.314 e. The molecule has 11 heavy (non-hydrogen) atoms. The molecule has 0 aliphatic carbocycles. The first kappa shape index (κ1) is 10.2. The number of nitrogens with one attached hydrogen (secondary N) is 2. The lowest BCUT2D eigenvalue weighted by Crippen LogP contribution is -2.36. The van der Waals surface area contributed by atoms with Crippen LogP contribution in [0.25, 0.3) is 0 Å². The minimum absolute atomic E-state index is 0.177. The van der Waals surface area contributed by atoms with Gasteiger partial charge in [0.05, 0.1) is 4.99 Å². The fraction of sp³-hybridized carbons (Fsp3) is 0.667. The molecular weight excluding hydrogens is 162 g/mol. The molecule has 0 saturated heterocycles. The molecule has 0 aliphatic rings. The van der Waals surface area contributed by atoms with Gasteiger partial charge >= 0.3 is 6.03 Å². The van der Waals surface area contributed by atoms with Crippen LogP contribution in [-0.2, 0) is 0 Å². The minimum Gasteiger partial charge on any atom is -0.393 e. The normalized spacial score (nSPS) is 8.82. The summed E-state index contributed by atoms with van der Waals surface area (Å²) in [6.45, 7) is 2.98. The monoisotopic (exact) mass is 175 g/mol. The van der Waals surface area contributed by atoms with Gasteiger partial charge in [0.1, 0.15) is 0 Å². The first-order valence-corrected chi connectivity index (χ1v) is 3.87. The molecule has 2 amide bonds. The van der Waals surface area contributed by atoms with Crippen LogP contribution in [0.15, 0.2) is 0 Å². The van der Waals surface area contributed by atoms with Gasteiger partial charge in [-0.1, -0.05) is 12.2 Å². The molecule has 4 nitrogen and oxygen atoms in total. The lowest BCUT2D eigenvalue weighted by atomic mass is 10.4. The Hall–Kier alpha value is -0.840. The Balaban J connectivity index is 3.24. The summed E-state index contributed by atoms with van der Waals surface area (Å²) in [6, 6.07) is -0.177. The van der Waals surface area contributed by atoms with Gasteiger partial charge in [-0.05, 0) is 6.92 Å². The van der Waals surface area contributed by atoms with Gasteiger partial charge in [0, 0.05) is 19.5 Å². The summed E-state index contributed by atoms with van der Waals surface area (Å²) in [6.07, 6.45) is 0.548. The largest absolute Gasteiger partial charge is 0.393 e. The molecule has 0 saturated carbocycles. The van der Waals surface area contributed by atoms with Crippen molar-refractivity contribution in [3.8, 4) is 0 Å². The van der Waals surface area contributed by atoms with Crippen LogP contribution in [-0.4, -0.2) is 24.1 Å². The van der Waals surface area contributed by atoms with Crippen molar-refractivity contribution in [3.05, 3.63) is 0 Å². The van der Waals surface area contributed by atoms with Crippen molar-refractivity contribution in [2.75, 3.05) is 13.1 Å². The highest BCUT2D eigenvalue weighted by Gasteiger charge is 1.95. The molecule has 0 aromatic rings. The van der Waals surface area contributed by atoms with Crippen LogP contribution in [0.1, 0.15) is 13.3 Å². The van der Waals surface area contributed by atoms with Crippen molar-refractivity contribution >= 4 is 23.2 Å². The quantitative estimate of drug-likeness (QED) is 0.526. The van der Waals surface area contributed by atoms with Crippen LogP contribution >= 0.6 is 12.2 Å². The maximum atomic E-state index is 10.7. The van der Waals surface area contributed by atoms with Crippen LogP contribution < -0.4 is 16.4 Å². The molecule has 0 fully saturated rings. The van der Waals surface area contributed by atoms with Gasteiger partial charge in [0.15, 0.2) is 0 Å². The van der Waals surface area contributed by atoms with Crippen LogP contribution in [0.3, 0.4) is 0 Å². The first-order chi connectivity index (χ1) is 5.16. The Bertz CT molecular complexity index is 149. The third kappa shape index (κ3) is 7.05. The van der Waals surface area contributed by atoms with E-state index in [4.69, 9.17) is 5.73 Å². The van der Waals surface area contributed by atoms with Gasteiger partial charge in [0.25, 0.3) is 0 Å². The fourth-order valence-electron chi connectivity index (χ4n) is 0.522. The van der Waals surface area contributed by atoms with E-state index in [1.807, 2.05) is 6.92 Å². The van der Waals surface area contributed by atoms with Crippen molar-refractivity contribution in [1.29, 1.82) is 0 Å². The molecule has 0 aromatic carbocycles. The standard InChI is InChI=1S/C6H13N3OS/c1-2-8-6(10)9-4-3-5(7)11/h2-4H2,1H3,(H2,7,11)(H2,8,9,10).